The number of aryl methyl sites for hydroxylation is 1. The van der Waals surface area contributed by atoms with Gasteiger partial charge in [-0.1, -0.05) is 19.4 Å². The van der Waals surface area contributed by atoms with Gasteiger partial charge in [0.1, 0.15) is 5.82 Å². The van der Waals surface area contributed by atoms with E-state index in [-0.39, 0.29) is 0 Å². The molecule has 2 aromatic heterocycles. The van der Waals surface area contributed by atoms with Crippen LogP contribution in [-0.4, -0.2) is 41.3 Å². The van der Waals surface area contributed by atoms with E-state index in [1.165, 1.54) is 11.8 Å². The van der Waals surface area contributed by atoms with Gasteiger partial charge in [-0.15, -0.1) is 0 Å². The van der Waals surface area contributed by atoms with Crippen LogP contribution in [0, 0.1) is 0 Å². The predicted octanol–water partition coefficient (Wildman–Crippen LogP) is 4.27. The van der Waals surface area contributed by atoms with Crippen molar-refractivity contribution in [3.63, 3.8) is 0 Å². The van der Waals surface area contributed by atoms with Crippen molar-refractivity contribution in [1.29, 1.82) is 0 Å². The Morgan fingerprint density at radius 1 is 1.26 bits per heavy atom. The quantitative estimate of drug-likeness (QED) is 0.654. The Morgan fingerprint density at radius 2 is 2.19 bits per heavy atom. The molecule has 2 N–H and O–H groups in total. The molecule has 6 nitrogen and oxygen atoms in total. The summed E-state index contributed by atoms with van der Waals surface area (Å²) in [7, 11) is 1.77. The van der Waals surface area contributed by atoms with Crippen LogP contribution in [0.1, 0.15) is 31.9 Å². The van der Waals surface area contributed by atoms with E-state index in [1.54, 1.807) is 7.11 Å². The van der Waals surface area contributed by atoms with Crippen molar-refractivity contribution in [1.82, 2.24) is 15.0 Å². The number of ether oxygens (including phenoxy) is 1. The van der Waals surface area contributed by atoms with Gasteiger partial charge in [-0.25, -0.2) is 4.98 Å². The summed E-state index contributed by atoms with van der Waals surface area (Å²) in [5, 5.41) is 4.59. The Kier molecular flexibility index (Phi) is 5.25. The zero-order valence-corrected chi connectivity index (χ0v) is 16.0. The second-order valence-corrected chi connectivity index (χ2v) is 7.14. The van der Waals surface area contributed by atoms with Crippen LogP contribution in [0.4, 0.5) is 17.5 Å². The van der Waals surface area contributed by atoms with Crippen LogP contribution < -0.4 is 10.2 Å². The molecule has 0 aliphatic carbocycles. The van der Waals surface area contributed by atoms with Gasteiger partial charge in [0.05, 0.1) is 12.6 Å². The highest BCUT2D eigenvalue weighted by molar-refractivity contribution is 5.83. The molecule has 1 atom stereocenters. The molecular formula is C21H27N5O. The topological polar surface area (TPSA) is 66.1 Å². The lowest BCUT2D eigenvalue weighted by Crippen LogP contribution is -2.33. The summed E-state index contributed by atoms with van der Waals surface area (Å²) in [4.78, 5) is 15.2. The fourth-order valence-electron chi connectivity index (χ4n) is 3.83. The summed E-state index contributed by atoms with van der Waals surface area (Å²) < 4.78 is 5.41. The third-order valence-electron chi connectivity index (χ3n) is 5.11. The number of hydrogen-bond donors (Lipinski definition) is 2. The second kappa shape index (κ2) is 7.96. The molecule has 0 amide bonds. The number of aromatic amines is 1. The fourth-order valence-corrected chi connectivity index (χ4v) is 3.83. The minimum atomic E-state index is 0.391. The van der Waals surface area contributed by atoms with Gasteiger partial charge in [-0.3, -0.25) is 0 Å². The third-order valence-corrected chi connectivity index (χ3v) is 5.11. The molecule has 0 saturated carbocycles. The van der Waals surface area contributed by atoms with E-state index >= 15 is 0 Å². The zero-order chi connectivity index (χ0) is 18.6. The van der Waals surface area contributed by atoms with Crippen LogP contribution in [0.5, 0.6) is 0 Å². The molecule has 0 unspecified atom stereocenters. The predicted molar refractivity (Wildman–Crippen MR) is 110 cm³/mol. The van der Waals surface area contributed by atoms with Crippen molar-refractivity contribution in [2.24, 2.45) is 0 Å². The van der Waals surface area contributed by atoms with Gasteiger partial charge in [0.2, 0.25) is 5.95 Å². The Labute approximate surface area is 160 Å². The van der Waals surface area contributed by atoms with E-state index in [2.05, 4.69) is 52.5 Å². The van der Waals surface area contributed by atoms with Crippen molar-refractivity contribution in [2.45, 2.75) is 38.6 Å². The third kappa shape index (κ3) is 3.90. The Bertz CT molecular complexity index is 906. The molecule has 1 saturated heterocycles. The van der Waals surface area contributed by atoms with E-state index in [1.807, 2.05) is 6.20 Å². The highest BCUT2D eigenvalue weighted by Gasteiger charge is 2.26. The maximum atomic E-state index is 5.41. The number of hydrogen-bond acceptors (Lipinski definition) is 5. The molecule has 0 bridgehead atoms. The largest absolute Gasteiger partial charge is 0.383 e. The fraction of sp³-hybridized carbons (Fsp3) is 0.429. The maximum absolute atomic E-state index is 5.41. The van der Waals surface area contributed by atoms with E-state index in [0.717, 1.165) is 55.1 Å². The second-order valence-electron chi connectivity index (χ2n) is 7.14. The Hall–Kier alpha value is -2.60. The molecule has 1 fully saturated rings. The van der Waals surface area contributed by atoms with Crippen molar-refractivity contribution >= 4 is 28.4 Å². The molecular weight excluding hydrogens is 338 g/mol. The van der Waals surface area contributed by atoms with Crippen LogP contribution in [0.2, 0.25) is 0 Å². The van der Waals surface area contributed by atoms with Gasteiger partial charge in [0, 0.05) is 42.8 Å². The summed E-state index contributed by atoms with van der Waals surface area (Å²) in [5.41, 5.74) is 3.16. The molecule has 4 rings (SSSR count). The summed E-state index contributed by atoms with van der Waals surface area (Å²) in [6.07, 6.45) is 6.28. The zero-order valence-electron chi connectivity index (χ0n) is 16.0. The summed E-state index contributed by atoms with van der Waals surface area (Å²) >= 11 is 0. The molecule has 1 aliphatic heterocycles. The van der Waals surface area contributed by atoms with E-state index in [9.17, 15) is 0 Å². The highest BCUT2D eigenvalue weighted by atomic mass is 16.5. The molecule has 6 heteroatoms. The van der Waals surface area contributed by atoms with Gasteiger partial charge < -0.3 is 19.9 Å². The minimum Gasteiger partial charge on any atom is -0.383 e. The molecule has 0 spiro atoms. The first kappa shape index (κ1) is 17.8. The van der Waals surface area contributed by atoms with Crippen LogP contribution in [0.3, 0.4) is 0 Å². The average Bonchev–Trinajstić information content (AvgIpc) is 3.31. The minimum absolute atomic E-state index is 0.391. The SMILES string of the molecule is CCCc1cc(N2CCC[C@H]2COC)nc(Nc2ccc3cc[nH]c3c2)n1. The molecule has 27 heavy (non-hydrogen) atoms. The van der Waals surface area contributed by atoms with E-state index < -0.39 is 0 Å². The average molecular weight is 365 g/mol. The van der Waals surface area contributed by atoms with Gasteiger partial charge in [0.25, 0.3) is 0 Å². The molecule has 142 valence electrons. The Morgan fingerprint density at radius 3 is 3.04 bits per heavy atom. The monoisotopic (exact) mass is 365 g/mol. The lowest BCUT2D eigenvalue weighted by molar-refractivity contribution is 0.180. The number of fused-ring (bicyclic) bond motifs is 1. The molecule has 1 aliphatic rings. The molecule has 0 radical (unpaired) electrons. The summed E-state index contributed by atoms with van der Waals surface area (Å²) in [6, 6.07) is 10.8. The summed E-state index contributed by atoms with van der Waals surface area (Å²) in [6.45, 7) is 3.93. The number of aromatic nitrogens is 3. The lowest BCUT2D eigenvalue weighted by Gasteiger charge is -2.26. The van der Waals surface area contributed by atoms with Crippen molar-refractivity contribution in [3.05, 3.63) is 42.2 Å². The normalized spacial score (nSPS) is 17.0. The smallest absolute Gasteiger partial charge is 0.229 e. The van der Waals surface area contributed by atoms with Crippen molar-refractivity contribution in [2.75, 3.05) is 30.5 Å². The van der Waals surface area contributed by atoms with E-state index in [4.69, 9.17) is 14.7 Å². The molecule has 3 heterocycles. The highest BCUT2D eigenvalue weighted by Crippen LogP contribution is 2.27. The number of rotatable bonds is 7. The standard InChI is InChI=1S/C21H27N5O/c1-3-5-16-13-20(26-11-4-6-18(26)14-27-2)25-21(23-16)24-17-8-7-15-9-10-22-19(15)12-17/h7-10,12-13,18,22H,3-6,11,14H2,1-2H3,(H,23,24,25)/t18-/m0/s1. The van der Waals surface area contributed by atoms with Crippen LogP contribution in [0.15, 0.2) is 36.5 Å². The lowest BCUT2D eigenvalue weighted by atomic mass is 10.2. The van der Waals surface area contributed by atoms with Crippen molar-refractivity contribution in [3.8, 4) is 0 Å². The van der Waals surface area contributed by atoms with Gasteiger partial charge >= 0.3 is 0 Å². The van der Waals surface area contributed by atoms with Crippen LogP contribution in [-0.2, 0) is 11.2 Å². The first-order valence-electron chi connectivity index (χ1n) is 9.74. The first-order chi connectivity index (χ1) is 13.3. The number of nitrogens with one attached hydrogen (secondary N) is 2. The number of nitrogens with zero attached hydrogens (tertiary/aromatic N) is 3. The number of anilines is 3. The van der Waals surface area contributed by atoms with E-state index in [0.29, 0.717) is 12.0 Å². The van der Waals surface area contributed by atoms with Gasteiger partial charge in [0.15, 0.2) is 0 Å². The van der Waals surface area contributed by atoms with Crippen LogP contribution >= 0.6 is 0 Å². The van der Waals surface area contributed by atoms with Crippen LogP contribution in [0.25, 0.3) is 10.9 Å². The Balaban J connectivity index is 1.63. The van der Waals surface area contributed by atoms with Crippen molar-refractivity contribution < 1.29 is 4.74 Å². The molecule has 3 aromatic rings. The number of benzene rings is 1. The first-order valence-corrected chi connectivity index (χ1v) is 9.74. The van der Waals surface area contributed by atoms with Gasteiger partial charge in [-0.2, -0.15) is 4.98 Å². The molecule has 1 aromatic carbocycles. The number of H-pyrrole nitrogens is 1. The van der Waals surface area contributed by atoms with Gasteiger partial charge in [-0.05, 0) is 42.8 Å². The number of methoxy groups -OCH3 is 1. The maximum Gasteiger partial charge on any atom is 0.229 e. The summed E-state index contributed by atoms with van der Waals surface area (Å²) in [5.74, 6) is 1.65.